The first-order valence-corrected chi connectivity index (χ1v) is 14.4. The predicted molar refractivity (Wildman–Crippen MR) is 131 cm³/mol. The van der Waals surface area contributed by atoms with Crippen LogP contribution in [0.3, 0.4) is 0 Å². The number of hydrogen-bond donors (Lipinski definition) is 2. The summed E-state index contributed by atoms with van der Waals surface area (Å²) in [6.45, 7) is 2.68. The summed E-state index contributed by atoms with van der Waals surface area (Å²) < 4.78 is 54.8. The van der Waals surface area contributed by atoms with E-state index in [0.717, 1.165) is 30.6 Å². The molecule has 34 heavy (non-hydrogen) atoms. The van der Waals surface area contributed by atoms with E-state index < -0.39 is 26.0 Å². The molecule has 2 heterocycles. The zero-order chi connectivity index (χ0) is 24.3. The molecular formula is C22H24N4O5S3. The summed E-state index contributed by atoms with van der Waals surface area (Å²) in [7, 11) is -7.48. The van der Waals surface area contributed by atoms with E-state index >= 15 is 0 Å². The number of carbonyl (C=O) groups excluding carboxylic acids is 1. The number of aryl methyl sites for hydroxylation is 1. The maximum Gasteiger partial charge on any atom is 0.263 e. The van der Waals surface area contributed by atoms with Crippen LogP contribution in [0.2, 0.25) is 0 Å². The molecule has 1 aromatic heterocycles. The molecule has 1 saturated heterocycles. The Hall–Kier alpha value is -2.80. The van der Waals surface area contributed by atoms with E-state index in [0.29, 0.717) is 24.3 Å². The largest absolute Gasteiger partial charge is 0.322 e. The van der Waals surface area contributed by atoms with Crippen LogP contribution in [0.25, 0.3) is 0 Å². The highest BCUT2D eigenvalue weighted by atomic mass is 32.2. The predicted octanol–water partition coefficient (Wildman–Crippen LogP) is 3.68. The Morgan fingerprint density at radius 2 is 1.65 bits per heavy atom. The standard InChI is InChI=1S/C22H24N4O5S3/c1-16-5-8-19(34(30,31)26-12-3-2-4-13-26)15-20(16)21(27)24-17-6-9-18(10-7-17)33(28,29)25-22-23-11-14-32-22/h5-11,14-15H,2-4,12-13H2,1H3,(H,23,25)(H,24,27). The Balaban J connectivity index is 1.51. The van der Waals surface area contributed by atoms with Gasteiger partial charge in [0.25, 0.3) is 15.9 Å². The van der Waals surface area contributed by atoms with Crippen molar-refractivity contribution in [2.24, 2.45) is 0 Å². The lowest BCUT2D eigenvalue weighted by atomic mass is 10.1. The van der Waals surface area contributed by atoms with Crippen LogP contribution >= 0.6 is 11.3 Å². The molecule has 0 radical (unpaired) electrons. The second-order valence-electron chi connectivity index (χ2n) is 7.86. The Labute approximate surface area is 202 Å². The molecule has 0 aliphatic carbocycles. The Bertz CT molecular complexity index is 1380. The molecule has 0 saturated carbocycles. The van der Waals surface area contributed by atoms with Gasteiger partial charge in [0.15, 0.2) is 5.13 Å². The van der Waals surface area contributed by atoms with Crippen molar-refractivity contribution < 1.29 is 21.6 Å². The van der Waals surface area contributed by atoms with Crippen LogP contribution in [-0.2, 0) is 20.0 Å². The topological polar surface area (TPSA) is 126 Å². The van der Waals surface area contributed by atoms with Crippen molar-refractivity contribution in [3.63, 3.8) is 0 Å². The lowest BCUT2D eigenvalue weighted by Crippen LogP contribution is -2.35. The maximum absolute atomic E-state index is 13.0. The van der Waals surface area contributed by atoms with Crippen LogP contribution in [0.1, 0.15) is 35.2 Å². The molecular weight excluding hydrogens is 496 g/mol. The lowest BCUT2D eigenvalue weighted by Gasteiger charge is -2.26. The number of hydrogen-bond acceptors (Lipinski definition) is 7. The third-order valence-electron chi connectivity index (χ3n) is 5.48. The van der Waals surface area contributed by atoms with Gasteiger partial charge in [-0.15, -0.1) is 11.3 Å². The van der Waals surface area contributed by atoms with Gasteiger partial charge in [0.05, 0.1) is 9.79 Å². The number of carbonyl (C=O) groups is 1. The molecule has 0 spiro atoms. The lowest BCUT2D eigenvalue weighted by molar-refractivity contribution is 0.102. The molecule has 180 valence electrons. The molecule has 1 amide bonds. The summed E-state index contributed by atoms with van der Waals surface area (Å²) >= 11 is 1.16. The van der Waals surface area contributed by atoms with E-state index in [4.69, 9.17) is 0 Å². The molecule has 1 fully saturated rings. The summed E-state index contributed by atoms with van der Waals surface area (Å²) in [4.78, 5) is 16.9. The molecule has 0 atom stereocenters. The van der Waals surface area contributed by atoms with Crippen LogP contribution in [-0.4, -0.2) is 45.1 Å². The fraction of sp³-hybridized carbons (Fsp3) is 0.273. The summed E-state index contributed by atoms with van der Waals surface area (Å²) in [5.41, 5.74) is 1.24. The number of anilines is 2. The monoisotopic (exact) mass is 520 g/mol. The first kappa shape index (κ1) is 24.3. The highest BCUT2D eigenvalue weighted by Crippen LogP contribution is 2.24. The fourth-order valence-corrected chi connectivity index (χ4v) is 6.96. The zero-order valence-corrected chi connectivity index (χ0v) is 20.8. The maximum atomic E-state index is 13.0. The minimum Gasteiger partial charge on any atom is -0.322 e. The number of sulfonamides is 2. The van der Waals surface area contributed by atoms with Crippen molar-refractivity contribution >= 4 is 48.1 Å². The number of nitrogens with zero attached hydrogens (tertiary/aromatic N) is 2. The molecule has 9 nitrogen and oxygen atoms in total. The molecule has 4 rings (SSSR count). The molecule has 1 aliphatic rings. The van der Waals surface area contributed by atoms with Crippen molar-refractivity contribution in [1.82, 2.24) is 9.29 Å². The number of aromatic nitrogens is 1. The van der Waals surface area contributed by atoms with Crippen LogP contribution in [0, 0.1) is 6.92 Å². The Kier molecular flexibility index (Phi) is 7.03. The van der Waals surface area contributed by atoms with Crippen molar-refractivity contribution in [2.75, 3.05) is 23.1 Å². The van der Waals surface area contributed by atoms with Gasteiger partial charge in [-0.1, -0.05) is 12.5 Å². The van der Waals surface area contributed by atoms with Gasteiger partial charge in [-0.2, -0.15) is 4.31 Å². The third-order valence-corrected chi connectivity index (χ3v) is 9.55. The molecule has 1 aliphatic heterocycles. The summed E-state index contributed by atoms with van der Waals surface area (Å²) in [5, 5.41) is 4.62. The van der Waals surface area contributed by atoms with Gasteiger partial charge in [-0.3, -0.25) is 9.52 Å². The zero-order valence-electron chi connectivity index (χ0n) is 18.4. The van der Waals surface area contributed by atoms with Gasteiger partial charge in [0.1, 0.15) is 0 Å². The molecule has 3 aromatic rings. The molecule has 12 heteroatoms. The number of rotatable bonds is 7. The number of thiazole rings is 1. The summed E-state index contributed by atoms with van der Waals surface area (Å²) in [6.07, 6.45) is 4.15. The van der Waals surface area contributed by atoms with Crippen LogP contribution < -0.4 is 10.0 Å². The quantitative estimate of drug-likeness (QED) is 0.490. The van der Waals surface area contributed by atoms with E-state index in [1.165, 1.54) is 46.9 Å². The number of piperidine rings is 1. The van der Waals surface area contributed by atoms with Crippen molar-refractivity contribution in [2.45, 2.75) is 36.0 Å². The highest BCUT2D eigenvalue weighted by Gasteiger charge is 2.27. The van der Waals surface area contributed by atoms with E-state index in [-0.39, 0.29) is 20.5 Å². The van der Waals surface area contributed by atoms with Gasteiger partial charge in [-0.25, -0.2) is 21.8 Å². The van der Waals surface area contributed by atoms with Gasteiger partial charge in [0.2, 0.25) is 10.0 Å². The number of amides is 1. The second-order valence-corrected chi connectivity index (χ2v) is 12.4. The minimum absolute atomic E-state index is 0.0199. The highest BCUT2D eigenvalue weighted by molar-refractivity contribution is 7.93. The van der Waals surface area contributed by atoms with Crippen molar-refractivity contribution in [1.29, 1.82) is 0 Å². The first-order chi connectivity index (χ1) is 16.2. The van der Waals surface area contributed by atoms with Gasteiger partial charge >= 0.3 is 0 Å². The number of benzene rings is 2. The SMILES string of the molecule is Cc1ccc(S(=O)(=O)N2CCCCC2)cc1C(=O)Nc1ccc(S(=O)(=O)Nc2nccs2)cc1. The average Bonchev–Trinajstić information content (AvgIpc) is 3.32. The van der Waals surface area contributed by atoms with Crippen molar-refractivity contribution in [3.8, 4) is 0 Å². The van der Waals surface area contributed by atoms with Gasteiger partial charge in [-0.05, 0) is 61.7 Å². The molecule has 0 unspecified atom stereocenters. The first-order valence-electron chi connectivity index (χ1n) is 10.6. The summed E-state index contributed by atoms with van der Waals surface area (Å²) in [6, 6.07) is 10.2. The second kappa shape index (κ2) is 9.82. The molecule has 2 N–H and O–H groups in total. The summed E-state index contributed by atoms with van der Waals surface area (Å²) in [5.74, 6) is -0.482. The van der Waals surface area contributed by atoms with E-state index in [1.807, 2.05) is 0 Å². The fourth-order valence-electron chi connectivity index (χ4n) is 3.62. The van der Waals surface area contributed by atoms with Gasteiger partial charge < -0.3 is 5.32 Å². The van der Waals surface area contributed by atoms with Gasteiger partial charge in [0, 0.05) is 35.9 Å². The smallest absolute Gasteiger partial charge is 0.263 e. The van der Waals surface area contributed by atoms with Crippen LogP contribution in [0.4, 0.5) is 10.8 Å². The molecule has 0 bridgehead atoms. The normalized spacial score (nSPS) is 15.1. The number of nitrogens with one attached hydrogen (secondary N) is 2. The Morgan fingerprint density at radius 3 is 2.29 bits per heavy atom. The van der Waals surface area contributed by atoms with Crippen LogP contribution in [0.5, 0.6) is 0 Å². The average molecular weight is 521 g/mol. The molecule has 2 aromatic carbocycles. The van der Waals surface area contributed by atoms with E-state index in [9.17, 15) is 21.6 Å². The van der Waals surface area contributed by atoms with E-state index in [1.54, 1.807) is 18.4 Å². The van der Waals surface area contributed by atoms with E-state index in [2.05, 4.69) is 15.0 Å². The third kappa shape index (κ3) is 5.30. The van der Waals surface area contributed by atoms with Crippen LogP contribution in [0.15, 0.2) is 63.8 Å². The van der Waals surface area contributed by atoms with Crippen molar-refractivity contribution in [3.05, 3.63) is 65.2 Å². The Morgan fingerprint density at radius 1 is 0.971 bits per heavy atom. The minimum atomic E-state index is -3.81.